The number of nitrogens with zero attached hydrogens (tertiary/aromatic N) is 3. The summed E-state index contributed by atoms with van der Waals surface area (Å²) in [5.74, 6) is -0.287. The SMILES string of the molecule is CC(=O)c1c(-c2cccc(Cl)c2)nn(CC2CC2)c(=O)c1[N+](=O)[O-]. The van der Waals surface area contributed by atoms with E-state index in [2.05, 4.69) is 5.10 Å². The topological polar surface area (TPSA) is 95.1 Å². The molecule has 1 aliphatic rings. The van der Waals surface area contributed by atoms with Crippen molar-refractivity contribution in [1.29, 1.82) is 0 Å². The minimum Gasteiger partial charge on any atom is -0.294 e. The predicted octanol–water partition coefficient (Wildman–Crippen LogP) is 3.08. The summed E-state index contributed by atoms with van der Waals surface area (Å²) in [5.41, 5.74) is -1.28. The van der Waals surface area contributed by atoms with Crippen LogP contribution < -0.4 is 5.56 Å². The van der Waals surface area contributed by atoms with Gasteiger partial charge in [-0.1, -0.05) is 23.7 Å². The van der Waals surface area contributed by atoms with Crippen LogP contribution >= 0.6 is 11.6 Å². The van der Waals surface area contributed by atoms with Gasteiger partial charge in [-0.2, -0.15) is 5.10 Å². The standard InChI is InChI=1S/C16H14ClN3O4/c1-9(21)13-14(11-3-2-4-12(17)7-11)18-19(8-10-5-6-10)16(22)15(13)20(23)24/h2-4,7,10H,5-6,8H2,1H3. The highest BCUT2D eigenvalue weighted by molar-refractivity contribution is 6.30. The molecule has 0 aliphatic heterocycles. The van der Waals surface area contributed by atoms with Gasteiger partial charge in [0.25, 0.3) is 0 Å². The second-order valence-corrected chi connectivity index (χ2v) is 6.26. The Balaban J connectivity index is 2.32. The third kappa shape index (κ3) is 3.07. The lowest BCUT2D eigenvalue weighted by molar-refractivity contribution is -0.386. The van der Waals surface area contributed by atoms with Crippen LogP contribution in [0.3, 0.4) is 0 Å². The van der Waals surface area contributed by atoms with E-state index < -0.39 is 22.0 Å². The summed E-state index contributed by atoms with van der Waals surface area (Å²) in [6.07, 6.45) is 1.92. The van der Waals surface area contributed by atoms with Gasteiger partial charge in [0.1, 0.15) is 11.3 Å². The Hall–Kier alpha value is -2.54. The third-order valence-corrected chi connectivity index (χ3v) is 4.13. The van der Waals surface area contributed by atoms with Crippen LogP contribution in [0, 0.1) is 16.0 Å². The Bertz CT molecular complexity index is 903. The van der Waals surface area contributed by atoms with Crippen LogP contribution in [0.5, 0.6) is 0 Å². The molecule has 3 rings (SSSR count). The quantitative estimate of drug-likeness (QED) is 0.470. The summed E-state index contributed by atoms with van der Waals surface area (Å²) >= 11 is 5.98. The smallest absolute Gasteiger partial charge is 0.294 e. The van der Waals surface area contributed by atoms with Gasteiger partial charge in [-0.3, -0.25) is 19.7 Å². The Morgan fingerprint density at radius 3 is 2.71 bits per heavy atom. The molecule has 0 bridgehead atoms. The zero-order valence-corrected chi connectivity index (χ0v) is 13.6. The molecule has 0 atom stereocenters. The maximum atomic E-state index is 12.4. The minimum absolute atomic E-state index is 0.108. The van der Waals surface area contributed by atoms with Crippen LogP contribution in [0.1, 0.15) is 30.1 Å². The highest BCUT2D eigenvalue weighted by Crippen LogP contribution is 2.32. The first-order valence-electron chi connectivity index (χ1n) is 7.45. The van der Waals surface area contributed by atoms with Gasteiger partial charge in [0.15, 0.2) is 5.78 Å². The Morgan fingerprint density at radius 2 is 2.17 bits per heavy atom. The van der Waals surface area contributed by atoms with E-state index in [0.29, 0.717) is 23.0 Å². The molecule has 0 radical (unpaired) electrons. The molecule has 0 saturated heterocycles. The highest BCUT2D eigenvalue weighted by Gasteiger charge is 2.32. The molecule has 1 saturated carbocycles. The number of ketones is 1. The first-order valence-corrected chi connectivity index (χ1v) is 7.82. The minimum atomic E-state index is -0.845. The molecule has 0 amide bonds. The fourth-order valence-corrected chi connectivity index (χ4v) is 2.76. The van der Waals surface area contributed by atoms with Crippen molar-refractivity contribution in [3.8, 4) is 11.3 Å². The fourth-order valence-electron chi connectivity index (χ4n) is 2.57. The lowest BCUT2D eigenvalue weighted by Crippen LogP contribution is -2.29. The average molecular weight is 348 g/mol. The summed E-state index contributed by atoms with van der Waals surface area (Å²) in [7, 11) is 0. The van der Waals surface area contributed by atoms with Crippen molar-refractivity contribution in [2.45, 2.75) is 26.3 Å². The Labute approximate surface area is 142 Å². The molecule has 124 valence electrons. The van der Waals surface area contributed by atoms with Gasteiger partial charge in [0.05, 0.1) is 4.92 Å². The Kier molecular flexibility index (Phi) is 4.19. The number of aromatic nitrogens is 2. The van der Waals surface area contributed by atoms with Crippen LogP contribution in [0.25, 0.3) is 11.3 Å². The van der Waals surface area contributed by atoms with Crippen molar-refractivity contribution in [3.63, 3.8) is 0 Å². The van der Waals surface area contributed by atoms with Gasteiger partial charge >= 0.3 is 11.2 Å². The second-order valence-electron chi connectivity index (χ2n) is 5.83. The number of carbonyl (C=O) groups is 1. The van der Waals surface area contributed by atoms with Crippen molar-refractivity contribution >= 4 is 23.1 Å². The molecule has 7 nitrogen and oxygen atoms in total. The van der Waals surface area contributed by atoms with Gasteiger partial charge in [0.2, 0.25) is 0 Å². The monoisotopic (exact) mass is 347 g/mol. The van der Waals surface area contributed by atoms with Crippen LogP contribution in [0.15, 0.2) is 29.1 Å². The van der Waals surface area contributed by atoms with Gasteiger partial charge in [-0.15, -0.1) is 0 Å². The molecule has 1 heterocycles. The van der Waals surface area contributed by atoms with Gasteiger partial charge in [0, 0.05) is 17.1 Å². The number of Topliss-reactive ketones (excluding diaryl/α,β-unsaturated/α-hetero) is 1. The van der Waals surface area contributed by atoms with E-state index in [1.54, 1.807) is 24.3 Å². The molecule has 1 fully saturated rings. The number of hydrogen-bond donors (Lipinski definition) is 0. The van der Waals surface area contributed by atoms with Crippen molar-refractivity contribution in [2.75, 3.05) is 0 Å². The zero-order valence-electron chi connectivity index (χ0n) is 12.9. The summed E-state index contributed by atoms with van der Waals surface area (Å²) < 4.78 is 1.10. The van der Waals surface area contributed by atoms with Crippen LogP contribution in [-0.4, -0.2) is 20.5 Å². The molecule has 8 heteroatoms. The number of nitro groups is 1. The molecule has 2 aromatic rings. The van der Waals surface area contributed by atoms with E-state index in [9.17, 15) is 19.7 Å². The molecule has 24 heavy (non-hydrogen) atoms. The summed E-state index contributed by atoms with van der Waals surface area (Å²) in [4.78, 5) is 35.1. The van der Waals surface area contributed by atoms with E-state index in [1.165, 1.54) is 6.92 Å². The van der Waals surface area contributed by atoms with E-state index in [0.717, 1.165) is 17.5 Å². The highest BCUT2D eigenvalue weighted by atomic mass is 35.5. The van der Waals surface area contributed by atoms with E-state index in [-0.39, 0.29) is 11.3 Å². The van der Waals surface area contributed by atoms with E-state index >= 15 is 0 Å². The Morgan fingerprint density at radius 1 is 1.46 bits per heavy atom. The number of halogens is 1. The van der Waals surface area contributed by atoms with Crippen molar-refractivity contribution in [1.82, 2.24) is 9.78 Å². The summed E-state index contributed by atoms with van der Waals surface area (Å²) in [6, 6.07) is 6.51. The normalized spacial score (nSPS) is 13.8. The van der Waals surface area contributed by atoms with Gasteiger partial charge < -0.3 is 0 Å². The van der Waals surface area contributed by atoms with Crippen molar-refractivity contribution in [3.05, 3.63) is 55.3 Å². The predicted molar refractivity (Wildman–Crippen MR) is 88.3 cm³/mol. The second kappa shape index (κ2) is 6.16. The molecular weight excluding hydrogens is 334 g/mol. The average Bonchev–Trinajstić information content (AvgIpc) is 3.32. The lowest BCUT2D eigenvalue weighted by atomic mass is 10.0. The molecule has 0 unspecified atom stereocenters. The van der Waals surface area contributed by atoms with E-state index in [1.807, 2.05) is 0 Å². The molecule has 1 aromatic heterocycles. The molecule has 0 spiro atoms. The summed E-state index contributed by atoms with van der Waals surface area (Å²) in [5, 5.41) is 16.1. The fraction of sp³-hybridized carbons (Fsp3) is 0.312. The largest absolute Gasteiger partial charge is 0.348 e. The lowest BCUT2D eigenvalue weighted by Gasteiger charge is -2.11. The van der Waals surface area contributed by atoms with Crippen molar-refractivity contribution in [2.24, 2.45) is 5.92 Å². The molecular formula is C16H14ClN3O4. The van der Waals surface area contributed by atoms with E-state index in [4.69, 9.17) is 11.6 Å². The molecule has 0 N–H and O–H groups in total. The maximum absolute atomic E-state index is 12.4. The summed E-state index contributed by atoms with van der Waals surface area (Å²) in [6.45, 7) is 1.49. The van der Waals surface area contributed by atoms with Crippen LogP contribution in [-0.2, 0) is 6.54 Å². The van der Waals surface area contributed by atoms with Crippen molar-refractivity contribution < 1.29 is 9.72 Å². The number of carbonyl (C=O) groups excluding carboxylic acids is 1. The molecule has 1 aliphatic carbocycles. The third-order valence-electron chi connectivity index (χ3n) is 3.89. The first-order chi connectivity index (χ1) is 11.4. The van der Waals surface area contributed by atoms with Gasteiger partial charge in [-0.25, -0.2) is 4.68 Å². The molecule has 1 aromatic carbocycles. The number of rotatable bonds is 5. The zero-order chi connectivity index (χ0) is 17.4. The number of hydrogen-bond acceptors (Lipinski definition) is 5. The van der Waals surface area contributed by atoms with Gasteiger partial charge in [-0.05, 0) is 37.8 Å². The van der Waals surface area contributed by atoms with Crippen LogP contribution in [0.2, 0.25) is 5.02 Å². The first kappa shape index (κ1) is 16.3. The maximum Gasteiger partial charge on any atom is 0.348 e. The van der Waals surface area contributed by atoms with Crippen LogP contribution in [0.4, 0.5) is 5.69 Å². The number of benzene rings is 1.